The van der Waals surface area contributed by atoms with Gasteiger partial charge in [-0.1, -0.05) is 49.6 Å². The minimum atomic E-state index is -0.109. The van der Waals surface area contributed by atoms with E-state index in [1.54, 1.807) is 0 Å². The van der Waals surface area contributed by atoms with Crippen LogP contribution in [0.1, 0.15) is 50.8 Å². The number of fused-ring (bicyclic) bond motifs is 1. The van der Waals surface area contributed by atoms with Crippen LogP contribution in [0.5, 0.6) is 5.75 Å². The molecule has 7 nitrogen and oxygen atoms in total. The summed E-state index contributed by atoms with van der Waals surface area (Å²) < 4.78 is 7.58. The highest BCUT2D eigenvalue weighted by atomic mass is 16.5. The van der Waals surface area contributed by atoms with Crippen molar-refractivity contribution in [2.75, 3.05) is 26.2 Å². The number of carbonyl (C=O) groups excluding carboxylic acids is 2. The average molecular weight is 477 g/mol. The first-order valence-corrected chi connectivity index (χ1v) is 12.9. The molecule has 2 aromatic carbocycles. The molecule has 0 spiro atoms. The molecule has 2 amide bonds. The van der Waals surface area contributed by atoms with E-state index >= 15 is 0 Å². The standard InChI is InChI=1S/C28H36N4O3/c33-27(22-35-23-13-5-3-6-14-23)29-18-10-4-7-17-26-30-24-15-8-9-16-25(24)32(26)21-28(34)31-19-11-1-2-12-20-31/h3,5-6,8-9,13-16H,1-2,4,7,10-12,17-22H2,(H,29,33). The van der Waals surface area contributed by atoms with Crippen LogP contribution in [0.25, 0.3) is 11.0 Å². The van der Waals surface area contributed by atoms with Gasteiger partial charge in [0.1, 0.15) is 18.1 Å². The monoisotopic (exact) mass is 476 g/mol. The molecular formula is C28H36N4O3. The van der Waals surface area contributed by atoms with Crippen molar-refractivity contribution >= 4 is 22.8 Å². The van der Waals surface area contributed by atoms with Crippen LogP contribution >= 0.6 is 0 Å². The number of unbranched alkanes of at least 4 members (excludes halogenated alkanes) is 2. The van der Waals surface area contributed by atoms with Crippen LogP contribution in [0.15, 0.2) is 54.6 Å². The van der Waals surface area contributed by atoms with Crippen molar-refractivity contribution in [3.63, 3.8) is 0 Å². The molecule has 0 unspecified atom stereocenters. The first-order chi connectivity index (χ1) is 17.2. The number of rotatable bonds is 11. The highest BCUT2D eigenvalue weighted by Crippen LogP contribution is 2.19. The quantitative estimate of drug-likeness (QED) is 0.418. The Morgan fingerprint density at radius 2 is 1.63 bits per heavy atom. The van der Waals surface area contributed by atoms with Crippen molar-refractivity contribution in [3.8, 4) is 5.75 Å². The summed E-state index contributed by atoms with van der Waals surface area (Å²) in [6.07, 6.45) is 8.25. The molecule has 1 aliphatic rings. The summed E-state index contributed by atoms with van der Waals surface area (Å²) in [6, 6.07) is 17.4. The molecule has 0 atom stereocenters. The van der Waals surface area contributed by atoms with Crippen LogP contribution in [-0.2, 0) is 22.6 Å². The van der Waals surface area contributed by atoms with Gasteiger partial charge in [-0.05, 0) is 49.9 Å². The number of nitrogens with zero attached hydrogens (tertiary/aromatic N) is 3. The summed E-state index contributed by atoms with van der Waals surface area (Å²) in [7, 11) is 0. The van der Waals surface area contributed by atoms with Crippen molar-refractivity contribution in [2.24, 2.45) is 0 Å². The average Bonchev–Trinajstić information content (AvgIpc) is 3.04. The topological polar surface area (TPSA) is 76.5 Å². The Balaban J connectivity index is 1.23. The zero-order valence-electron chi connectivity index (χ0n) is 20.5. The minimum Gasteiger partial charge on any atom is -0.484 e. The normalized spacial score (nSPS) is 14.0. The van der Waals surface area contributed by atoms with E-state index in [0.29, 0.717) is 18.8 Å². The van der Waals surface area contributed by atoms with Gasteiger partial charge in [-0.25, -0.2) is 4.98 Å². The molecule has 1 N–H and O–H groups in total. The molecule has 0 bridgehead atoms. The van der Waals surface area contributed by atoms with Crippen molar-refractivity contribution in [2.45, 2.75) is 57.9 Å². The number of likely N-dealkylation sites (tertiary alicyclic amines) is 1. The summed E-state index contributed by atoms with van der Waals surface area (Å²) in [5, 5.41) is 2.92. The maximum Gasteiger partial charge on any atom is 0.257 e. The third-order valence-electron chi connectivity index (χ3n) is 6.50. The van der Waals surface area contributed by atoms with Gasteiger partial charge in [0, 0.05) is 26.1 Å². The molecule has 1 aromatic heterocycles. The lowest BCUT2D eigenvalue weighted by Crippen LogP contribution is -2.34. The lowest BCUT2D eigenvalue weighted by Gasteiger charge is -2.21. The maximum absolute atomic E-state index is 13.1. The Hall–Kier alpha value is -3.35. The van der Waals surface area contributed by atoms with Gasteiger partial charge in [0.05, 0.1) is 11.0 Å². The minimum absolute atomic E-state index is 0.0269. The van der Waals surface area contributed by atoms with Gasteiger partial charge in [0.25, 0.3) is 5.91 Å². The van der Waals surface area contributed by atoms with E-state index in [1.165, 1.54) is 12.8 Å². The summed E-state index contributed by atoms with van der Waals surface area (Å²) in [5.41, 5.74) is 1.97. The number of nitrogens with one attached hydrogen (secondary N) is 1. The summed E-state index contributed by atoms with van der Waals surface area (Å²) >= 11 is 0. The van der Waals surface area contributed by atoms with Crippen molar-refractivity contribution in [1.29, 1.82) is 0 Å². The smallest absolute Gasteiger partial charge is 0.257 e. The Bertz CT molecular complexity index is 1090. The predicted molar refractivity (Wildman–Crippen MR) is 137 cm³/mol. The zero-order valence-corrected chi connectivity index (χ0v) is 20.5. The summed E-state index contributed by atoms with van der Waals surface area (Å²) in [6.45, 7) is 2.74. The molecule has 3 aromatic rings. The Morgan fingerprint density at radius 3 is 2.43 bits per heavy atom. The number of hydrogen-bond acceptors (Lipinski definition) is 4. The van der Waals surface area contributed by atoms with Crippen molar-refractivity contribution in [3.05, 3.63) is 60.4 Å². The van der Waals surface area contributed by atoms with Crippen LogP contribution in [0, 0.1) is 0 Å². The van der Waals surface area contributed by atoms with E-state index in [9.17, 15) is 9.59 Å². The van der Waals surface area contributed by atoms with E-state index in [-0.39, 0.29) is 18.4 Å². The Morgan fingerprint density at radius 1 is 0.886 bits per heavy atom. The third-order valence-corrected chi connectivity index (χ3v) is 6.50. The number of carbonyl (C=O) groups is 2. The van der Waals surface area contributed by atoms with Crippen LogP contribution < -0.4 is 10.1 Å². The lowest BCUT2D eigenvalue weighted by molar-refractivity contribution is -0.131. The largest absolute Gasteiger partial charge is 0.484 e. The molecular weight excluding hydrogens is 440 g/mol. The van der Waals surface area contributed by atoms with E-state index in [2.05, 4.69) is 16.0 Å². The number of hydrogen-bond donors (Lipinski definition) is 1. The molecule has 2 heterocycles. The highest BCUT2D eigenvalue weighted by molar-refractivity contribution is 5.81. The molecule has 186 valence electrons. The van der Waals surface area contributed by atoms with Gasteiger partial charge in [0.2, 0.25) is 5.91 Å². The van der Waals surface area contributed by atoms with Gasteiger partial charge in [-0.3, -0.25) is 9.59 Å². The molecule has 35 heavy (non-hydrogen) atoms. The van der Waals surface area contributed by atoms with E-state index in [4.69, 9.17) is 9.72 Å². The Kier molecular flexibility index (Phi) is 9.15. The summed E-state index contributed by atoms with van der Waals surface area (Å²) in [5.74, 6) is 1.74. The number of imidazole rings is 1. The van der Waals surface area contributed by atoms with Crippen LogP contribution in [0.3, 0.4) is 0 Å². The Labute approximate surface area is 207 Å². The maximum atomic E-state index is 13.1. The fraction of sp³-hybridized carbons (Fsp3) is 0.464. The molecule has 0 radical (unpaired) electrons. The second-order valence-electron chi connectivity index (χ2n) is 9.16. The number of aryl methyl sites for hydroxylation is 1. The number of para-hydroxylation sites is 3. The first kappa shape index (κ1) is 24.8. The predicted octanol–water partition coefficient (Wildman–Crippen LogP) is 4.35. The first-order valence-electron chi connectivity index (χ1n) is 12.9. The fourth-order valence-corrected chi connectivity index (χ4v) is 4.58. The van der Waals surface area contributed by atoms with Gasteiger partial charge in [-0.2, -0.15) is 0 Å². The SMILES string of the molecule is O=C(COc1ccccc1)NCCCCCc1nc2ccccc2n1CC(=O)N1CCCCCC1. The lowest BCUT2D eigenvalue weighted by atomic mass is 10.2. The van der Waals surface area contributed by atoms with Gasteiger partial charge in [0.15, 0.2) is 6.61 Å². The zero-order chi connectivity index (χ0) is 24.3. The van der Waals surface area contributed by atoms with Crippen molar-refractivity contribution in [1.82, 2.24) is 19.8 Å². The number of aromatic nitrogens is 2. The molecule has 0 saturated carbocycles. The van der Waals surface area contributed by atoms with Crippen LogP contribution in [0.2, 0.25) is 0 Å². The second kappa shape index (κ2) is 12.9. The molecule has 1 fully saturated rings. The number of ether oxygens (including phenoxy) is 1. The van der Waals surface area contributed by atoms with Gasteiger partial charge in [-0.15, -0.1) is 0 Å². The van der Waals surface area contributed by atoms with E-state index in [0.717, 1.165) is 68.5 Å². The fourth-order valence-electron chi connectivity index (χ4n) is 4.58. The molecule has 1 aliphatic heterocycles. The number of amides is 2. The van der Waals surface area contributed by atoms with Gasteiger partial charge < -0.3 is 19.5 Å². The molecule has 1 saturated heterocycles. The summed E-state index contributed by atoms with van der Waals surface area (Å²) in [4.78, 5) is 31.9. The second-order valence-corrected chi connectivity index (χ2v) is 9.16. The van der Waals surface area contributed by atoms with Crippen LogP contribution in [-0.4, -0.2) is 52.5 Å². The van der Waals surface area contributed by atoms with E-state index in [1.807, 2.05) is 53.4 Å². The van der Waals surface area contributed by atoms with Gasteiger partial charge >= 0.3 is 0 Å². The van der Waals surface area contributed by atoms with Crippen molar-refractivity contribution < 1.29 is 14.3 Å². The highest BCUT2D eigenvalue weighted by Gasteiger charge is 2.19. The molecule has 4 rings (SSSR count). The molecule has 7 heteroatoms. The van der Waals surface area contributed by atoms with E-state index < -0.39 is 0 Å². The third kappa shape index (κ3) is 7.31. The van der Waals surface area contributed by atoms with Crippen LogP contribution in [0.4, 0.5) is 0 Å². The number of benzene rings is 2. The molecule has 0 aliphatic carbocycles.